The van der Waals surface area contributed by atoms with E-state index in [-0.39, 0.29) is 6.54 Å². The summed E-state index contributed by atoms with van der Waals surface area (Å²) >= 11 is 3.35. The standard InChI is InChI=1S/C9H11BrFN/c10-9-4-2-1-3-7(9)5-8(11)6-12/h1-4,8H,5-6,12H2. The van der Waals surface area contributed by atoms with Gasteiger partial charge in [0.1, 0.15) is 6.17 Å². The molecule has 0 aliphatic carbocycles. The summed E-state index contributed by atoms with van der Waals surface area (Å²) < 4.78 is 13.8. The van der Waals surface area contributed by atoms with Crippen LogP contribution in [0.1, 0.15) is 5.56 Å². The van der Waals surface area contributed by atoms with Crippen LogP contribution in [0.4, 0.5) is 4.39 Å². The van der Waals surface area contributed by atoms with Gasteiger partial charge in [-0.15, -0.1) is 0 Å². The molecular formula is C9H11BrFN. The number of rotatable bonds is 3. The van der Waals surface area contributed by atoms with E-state index in [1.54, 1.807) is 0 Å². The second-order valence-corrected chi connectivity index (χ2v) is 3.48. The highest BCUT2D eigenvalue weighted by Gasteiger charge is 2.06. The highest BCUT2D eigenvalue weighted by atomic mass is 79.9. The van der Waals surface area contributed by atoms with E-state index in [2.05, 4.69) is 15.9 Å². The average Bonchev–Trinajstić information content (AvgIpc) is 2.09. The van der Waals surface area contributed by atoms with Crippen LogP contribution in [0.5, 0.6) is 0 Å². The lowest BCUT2D eigenvalue weighted by Crippen LogP contribution is -2.17. The molecule has 0 radical (unpaired) electrons. The van der Waals surface area contributed by atoms with E-state index in [1.807, 2.05) is 24.3 Å². The lowest BCUT2D eigenvalue weighted by Gasteiger charge is -2.06. The lowest BCUT2D eigenvalue weighted by atomic mass is 10.1. The molecule has 3 heteroatoms. The fraction of sp³-hybridized carbons (Fsp3) is 0.333. The van der Waals surface area contributed by atoms with Crippen molar-refractivity contribution in [3.63, 3.8) is 0 Å². The maximum atomic E-state index is 12.9. The molecule has 0 saturated heterocycles. The first-order valence-corrected chi connectivity index (χ1v) is 4.61. The summed E-state index contributed by atoms with van der Waals surface area (Å²) in [5, 5.41) is 0. The zero-order valence-electron chi connectivity index (χ0n) is 6.63. The third kappa shape index (κ3) is 2.57. The Morgan fingerprint density at radius 3 is 2.67 bits per heavy atom. The molecule has 0 bridgehead atoms. The van der Waals surface area contributed by atoms with Crippen molar-refractivity contribution >= 4 is 15.9 Å². The smallest absolute Gasteiger partial charge is 0.116 e. The van der Waals surface area contributed by atoms with Crippen LogP contribution in [0.25, 0.3) is 0 Å². The molecule has 0 spiro atoms. The van der Waals surface area contributed by atoms with Crippen molar-refractivity contribution < 1.29 is 4.39 Å². The number of halogens is 2. The fourth-order valence-electron chi connectivity index (χ4n) is 0.986. The van der Waals surface area contributed by atoms with Crippen molar-refractivity contribution in [2.75, 3.05) is 6.54 Å². The van der Waals surface area contributed by atoms with Gasteiger partial charge in [-0.3, -0.25) is 0 Å². The summed E-state index contributed by atoms with van der Waals surface area (Å²) in [7, 11) is 0. The molecule has 0 saturated carbocycles. The van der Waals surface area contributed by atoms with E-state index in [0.29, 0.717) is 6.42 Å². The second-order valence-electron chi connectivity index (χ2n) is 2.63. The minimum atomic E-state index is -0.941. The Kier molecular flexibility index (Phi) is 3.69. The summed E-state index contributed by atoms with van der Waals surface area (Å²) in [5.74, 6) is 0. The van der Waals surface area contributed by atoms with E-state index in [1.165, 1.54) is 0 Å². The first kappa shape index (κ1) is 9.68. The molecule has 0 aliphatic rings. The third-order valence-corrected chi connectivity index (χ3v) is 2.43. The average molecular weight is 232 g/mol. The second kappa shape index (κ2) is 4.58. The monoisotopic (exact) mass is 231 g/mol. The topological polar surface area (TPSA) is 26.0 Å². The van der Waals surface area contributed by atoms with Crippen molar-refractivity contribution in [1.82, 2.24) is 0 Å². The highest BCUT2D eigenvalue weighted by Crippen LogP contribution is 2.17. The van der Waals surface area contributed by atoms with Gasteiger partial charge < -0.3 is 5.73 Å². The van der Waals surface area contributed by atoms with Crippen LogP contribution in [0.2, 0.25) is 0 Å². The molecule has 1 unspecified atom stereocenters. The van der Waals surface area contributed by atoms with Crippen LogP contribution in [0.3, 0.4) is 0 Å². The number of benzene rings is 1. The maximum Gasteiger partial charge on any atom is 0.116 e. The van der Waals surface area contributed by atoms with Gasteiger partial charge in [0.2, 0.25) is 0 Å². The normalized spacial score (nSPS) is 12.9. The number of alkyl halides is 1. The summed E-state index contributed by atoms with van der Waals surface area (Å²) in [6.07, 6.45) is -0.554. The molecule has 1 nitrogen and oxygen atoms in total. The Labute approximate surface area is 79.9 Å². The molecule has 1 aromatic rings. The quantitative estimate of drug-likeness (QED) is 0.850. The van der Waals surface area contributed by atoms with E-state index in [0.717, 1.165) is 10.0 Å². The minimum absolute atomic E-state index is 0.0847. The van der Waals surface area contributed by atoms with Gasteiger partial charge in [-0.05, 0) is 11.6 Å². The molecule has 0 fully saturated rings. The van der Waals surface area contributed by atoms with Crippen LogP contribution in [0.15, 0.2) is 28.7 Å². The molecule has 0 aliphatic heterocycles. The molecule has 2 N–H and O–H groups in total. The van der Waals surface area contributed by atoms with E-state index in [9.17, 15) is 4.39 Å². The summed E-state index contributed by atoms with van der Waals surface area (Å²) in [5.41, 5.74) is 6.15. The zero-order valence-corrected chi connectivity index (χ0v) is 8.22. The van der Waals surface area contributed by atoms with E-state index < -0.39 is 6.17 Å². The Morgan fingerprint density at radius 2 is 2.08 bits per heavy atom. The van der Waals surface area contributed by atoms with E-state index >= 15 is 0 Å². The van der Waals surface area contributed by atoms with Gasteiger partial charge >= 0.3 is 0 Å². The predicted molar refractivity (Wildman–Crippen MR) is 51.8 cm³/mol. The van der Waals surface area contributed by atoms with Crippen LogP contribution in [0, 0.1) is 0 Å². The molecule has 1 rings (SSSR count). The van der Waals surface area contributed by atoms with Crippen molar-refractivity contribution in [3.05, 3.63) is 34.3 Å². The SMILES string of the molecule is NCC(F)Cc1ccccc1Br. The largest absolute Gasteiger partial charge is 0.328 e. The molecule has 0 heterocycles. The first-order chi connectivity index (χ1) is 5.74. The summed E-state index contributed by atoms with van der Waals surface area (Å²) in [6.45, 7) is 0.0847. The first-order valence-electron chi connectivity index (χ1n) is 3.81. The maximum absolute atomic E-state index is 12.9. The zero-order chi connectivity index (χ0) is 8.97. The molecule has 0 amide bonds. The van der Waals surface area contributed by atoms with Crippen LogP contribution in [-0.2, 0) is 6.42 Å². The molecule has 1 atom stereocenters. The molecule has 1 aromatic carbocycles. The van der Waals surface area contributed by atoms with Crippen molar-refractivity contribution in [1.29, 1.82) is 0 Å². The fourth-order valence-corrected chi connectivity index (χ4v) is 1.43. The number of hydrogen-bond acceptors (Lipinski definition) is 1. The van der Waals surface area contributed by atoms with Crippen molar-refractivity contribution in [3.8, 4) is 0 Å². The lowest BCUT2D eigenvalue weighted by molar-refractivity contribution is 0.340. The van der Waals surface area contributed by atoms with E-state index in [4.69, 9.17) is 5.73 Å². The van der Waals surface area contributed by atoms with Crippen LogP contribution in [-0.4, -0.2) is 12.7 Å². The van der Waals surface area contributed by atoms with Gasteiger partial charge in [-0.1, -0.05) is 34.1 Å². The van der Waals surface area contributed by atoms with Gasteiger partial charge in [0, 0.05) is 17.4 Å². The number of nitrogens with two attached hydrogens (primary N) is 1. The summed E-state index contributed by atoms with van der Waals surface area (Å²) in [6, 6.07) is 7.59. The minimum Gasteiger partial charge on any atom is -0.328 e. The molecule has 12 heavy (non-hydrogen) atoms. The van der Waals surface area contributed by atoms with Gasteiger partial charge in [0.15, 0.2) is 0 Å². The Balaban J connectivity index is 2.69. The Bertz CT molecular complexity index is 252. The van der Waals surface area contributed by atoms with Gasteiger partial charge in [-0.2, -0.15) is 0 Å². The Hall–Kier alpha value is -0.410. The number of hydrogen-bond donors (Lipinski definition) is 1. The summed E-state index contributed by atoms with van der Waals surface area (Å²) in [4.78, 5) is 0. The van der Waals surface area contributed by atoms with Gasteiger partial charge in [-0.25, -0.2) is 4.39 Å². The Morgan fingerprint density at radius 1 is 1.42 bits per heavy atom. The molecular weight excluding hydrogens is 221 g/mol. The van der Waals surface area contributed by atoms with Crippen molar-refractivity contribution in [2.24, 2.45) is 5.73 Å². The molecule has 0 aromatic heterocycles. The van der Waals surface area contributed by atoms with Crippen LogP contribution >= 0.6 is 15.9 Å². The van der Waals surface area contributed by atoms with Crippen molar-refractivity contribution in [2.45, 2.75) is 12.6 Å². The molecule has 66 valence electrons. The van der Waals surface area contributed by atoms with Gasteiger partial charge in [0.05, 0.1) is 0 Å². The third-order valence-electron chi connectivity index (χ3n) is 1.65. The van der Waals surface area contributed by atoms with Gasteiger partial charge in [0.25, 0.3) is 0 Å². The highest BCUT2D eigenvalue weighted by molar-refractivity contribution is 9.10. The predicted octanol–water partition coefficient (Wildman–Crippen LogP) is 2.29. The van der Waals surface area contributed by atoms with Crippen LogP contribution < -0.4 is 5.73 Å².